The zero-order valence-corrected chi connectivity index (χ0v) is 19.2. The van der Waals surface area contributed by atoms with Crippen LogP contribution in [0.25, 0.3) is 0 Å². The summed E-state index contributed by atoms with van der Waals surface area (Å²) in [6.07, 6.45) is 1.89. The van der Waals surface area contributed by atoms with E-state index in [1.165, 1.54) is 16.0 Å². The van der Waals surface area contributed by atoms with E-state index < -0.39 is 6.09 Å². The van der Waals surface area contributed by atoms with Gasteiger partial charge in [0.15, 0.2) is 0 Å². The molecule has 3 aliphatic rings. The van der Waals surface area contributed by atoms with Gasteiger partial charge in [0.1, 0.15) is 5.82 Å². The molecule has 3 heterocycles. The quantitative estimate of drug-likeness (QED) is 0.667. The van der Waals surface area contributed by atoms with E-state index in [0.717, 1.165) is 47.8 Å². The Balaban J connectivity index is 1.48. The smallest absolute Gasteiger partial charge is 0.407 e. The van der Waals surface area contributed by atoms with Crippen molar-refractivity contribution in [3.05, 3.63) is 51.9 Å². The van der Waals surface area contributed by atoms with Crippen molar-refractivity contribution in [2.24, 2.45) is 0 Å². The molecule has 9 heteroatoms. The summed E-state index contributed by atoms with van der Waals surface area (Å²) in [5, 5.41) is 18.9. The number of piperazine rings is 1. The van der Waals surface area contributed by atoms with Crippen LogP contribution in [0.15, 0.2) is 24.3 Å². The number of rotatable bonds is 2. The first-order valence-electron chi connectivity index (χ1n) is 10.8. The van der Waals surface area contributed by atoms with Gasteiger partial charge in [-0.25, -0.2) is 14.8 Å². The molecule has 0 radical (unpaired) electrons. The van der Waals surface area contributed by atoms with E-state index in [0.29, 0.717) is 19.6 Å². The van der Waals surface area contributed by atoms with Gasteiger partial charge in [-0.2, -0.15) is 17.0 Å². The highest BCUT2D eigenvalue weighted by atomic mass is 35.5. The third-order valence-electron chi connectivity index (χ3n) is 6.98. The minimum absolute atomic E-state index is 0.0623. The number of aromatic nitrogens is 2. The fourth-order valence-corrected chi connectivity index (χ4v) is 7.00. The number of amides is 1. The highest BCUT2D eigenvalue weighted by molar-refractivity contribution is 7.98. The Hall–Kier alpha value is -2.50. The number of carboxylic acid groups (broad SMARTS) is 1. The minimum Gasteiger partial charge on any atom is -0.465 e. The van der Waals surface area contributed by atoms with E-state index in [4.69, 9.17) is 11.6 Å². The third-order valence-corrected chi connectivity index (χ3v) is 8.42. The monoisotopic (exact) mass is 469 g/mol. The maximum absolute atomic E-state index is 11.6. The van der Waals surface area contributed by atoms with E-state index in [2.05, 4.69) is 45.2 Å². The molecule has 1 saturated heterocycles. The van der Waals surface area contributed by atoms with Gasteiger partial charge in [-0.1, -0.05) is 24.3 Å². The number of fused-ring (bicyclic) bond motifs is 3. The normalized spacial score (nSPS) is 24.6. The number of nitriles is 1. The lowest BCUT2D eigenvalue weighted by Crippen LogP contribution is -2.55. The SMILES string of the molecule is N#CC[C@H]1CN(c2nc(Cl)nc3c2CCC2(CSCc4ccccc42)C3)CCN1C(=O)O. The third kappa shape index (κ3) is 3.67. The predicted molar refractivity (Wildman–Crippen MR) is 124 cm³/mol. The molecule has 166 valence electrons. The number of hydrogen-bond donors (Lipinski definition) is 1. The predicted octanol–water partition coefficient (Wildman–Crippen LogP) is 3.89. The summed E-state index contributed by atoms with van der Waals surface area (Å²) in [4.78, 5) is 24.3. The van der Waals surface area contributed by atoms with E-state index in [9.17, 15) is 15.2 Å². The highest BCUT2D eigenvalue weighted by Crippen LogP contribution is 2.47. The van der Waals surface area contributed by atoms with Crippen LogP contribution in [0.1, 0.15) is 35.2 Å². The average Bonchev–Trinajstić information content (AvgIpc) is 2.79. The Morgan fingerprint density at radius 1 is 1.34 bits per heavy atom. The number of anilines is 1. The fraction of sp³-hybridized carbons (Fsp3) is 0.478. The molecule has 0 saturated carbocycles. The first-order chi connectivity index (χ1) is 15.5. The zero-order valence-electron chi connectivity index (χ0n) is 17.6. The van der Waals surface area contributed by atoms with Crippen LogP contribution in [0.3, 0.4) is 0 Å². The summed E-state index contributed by atoms with van der Waals surface area (Å²) in [5.41, 5.74) is 5.03. The minimum atomic E-state index is -0.983. The molecule has 1 aliphatic carbocycles. The van der Waals surface area contributed by atoms with Crippen molar-refractivity contribution in [1.29, 1.82) is 5.26 Å². The summed E-state index contributed by atoms with van der Waals surface area (Å²) < 4.78 is 0. The maximum Gasteiger partial charge on any atom is 0.407 e. The van der Waals surface area contributed by atoms with Crippen LogP contribution in [0, 0.1) is 11.3 Å². The van der Waals surface area contributed by atoms with Gasteiger partial charge in [0.05, 0.1) is 24.2 Å². The van der Waals surface area contributed by atoms with Crippen molar-refractivity contribution in [1.82, 2.24) is 14.9 Å². The van der Waals surface area contributed by atoms with Crippen LogP contribution in [-0.2, 0) is 24.0 Å². The number of benzene rings is 1. The first kappa shape index (κ1) is 21.4. The van der Waals surface area contributed by atoms with Gasteiger partial charge < -0.3 is 14.9 Å². The number of carbonyl (C=O) groups is 1. The number of halogens is 1. The average molecular weight is 470 g/mol. The van der Waals surface area contributed by atoms with Crippen LogP contribution < -0.4 is 4.90 Å². The lowest BCUT2D eigenvalue weighted by molar-refractivity contribution is 0.119. The van der Waals surface area contributed by atoms with Gasteiger partial charge in [0.2, 0.25) is 5.28 Å². The van der Waals surface area contributed by atoms with Crippen molar-refractivity contribution in [3.8, 4) is 6.07 Å². The number of nitrogens with zero attached hydrogens (tertiary/aromatic N) is 5. The largest absolute Gasteiger partial charge is 0.465 e. The van der Waals surface area contributed by atoms with E-state index in [1.807, 2.05) is 11.8 Å². The Labute approximate surface area is 196 Å². The maximum atomic E-state index is 11.6. The molecule has 1 aromatic heterocycles. The van der Waals surface area contributed by atoms with Crippen LogP contribution in [0.4, 0.5) is 10.6 Å². The Kier molecular flexibility index (Phi) is 5.64. The second kappa shape index (κ2) is 8.45. The summed E-state index contributed by atoms with van der Waals surface area (Å²) in [7, 11) is 0. The molecule has 7 nitrogen and oxygen atoms in total. The van der Waals surface area contributed by atoms with Crippen molar-refractivity contribution in [3.63, 3.8) is 0 Å². The molecule has 5 rings (SSSR count). The Morgan fingerprint density at radius 3 is 3.00 bits per heavy atom. The van der Waals surface area contributed by atoms with Crippen molar-refractivity contribution >= 4 is 35.3 Å². The fourth-order valence-electron chi connectivity index (χ4n) is 5.46. The van der Waals surface area contributed by atoms with E-state index >= 15 is 0 Å². The molecule has 32 heavy (non-hydrogen) atoms. The Bertz CT molecular complexity index is 1110. The lowest BCUT2D eigenvalue weighted by Gasteiger charge is -2.44. The van der Waals surface area contributed by atoms with Crippen LogP contribution in [0.2, 0.25) is 5.28 Å². The molecule has 1 spiro atoms. The molecular weight excluding hydrogens is 446 g/mol. The molecule has 2 aromatic rings. The molecule has 1 aromatic carbocycles. The van der Waals surface area contributed by atoms with Crippen LogP contribution >= 0.6 is 23.4 Å². The van der Waals surface area contributed by atoms with Gasteiger partial charge in [0.25, 0.3) is 0 Å². The molecular formula is C23H24ClN5O2S. The molecule has 2 aliphatic heterocycles. The topological polar surface area (TPSA) is 93.4 Å². The standard InChI is InChI=1S/C23H24ClN5O2S/c24-21-26-19-11-23(14-32-13-15-3-1-2-4-18(15)23)7-5-17(19)20(27-21)28-9-10-29(22(30)31)16(12-28)6-8-25/h1-4,16H,5-7,9-14H2,(H,30,31)/t16-,23?/m0/s1. The molecule has 1 unspecified atom stereocenters. The second-order valence-corrected chi connectivity index (χ2v) is 10.1. The highest BCUT2D eigenvalue weighted by Gasteiger charge is 2.42. The van der Waals surface area contributed by atoms with Gasteiger partial charge in [-0.3, -0.25) is 0 Å². The number of thioether (sulfide) groups is 1. The molecule has 2 atom stereocenters. The second-order valence-electron chi connectivity index (χ2n) is 8.79. The molecule has 0 bridgehead atoms. The van der Waals surface area contributed by atoms with Gasteiger partial charge in [0, 0.05) is 48.5 Å². The van der Waals surface area contributed by atoms with Crippen LogP contribution in [-0.4, -0.2) is 57.5 Å². The summed E-state index contributed by atoms with van der Waals surface area (Å²) >= 11 is 8.38. The zero-order chi connectivity index (χ0) is 22.3. The summed E-state index contributed by atoms with van der Waals surface area (Å²) in [6, 6.07) is 10.5. The number of hydrogen-bond acceptors (Lipinski definition) is 6. The van der Waals surface area contributed by atoms with Crippen molar-refractivity contribution in [2.45, 2.75) is 42.9 Å². The van der Waals surface area contributed by atoms with Crippen molar-refractivity contribution in [2.75, 3.05) is 30.3 Å². The van der Waals surface area contributed by atoms with Crippen molar-refractivity contribution < 1.29 is 9.90 Å². The Morgan fingerprint density at radius 2 is 2.19 bits per heavy atom. The van der Waals surface area contributed by atoms with E-state index in [-0.39, 0.29) is 23.2 Å². The van der Waals surface area contributed by atoms with Crippen LogP contribution in [0.5, 0.6) is 0 Å². The summed E-state index contributed by atoms with van der Waals surface area (Å²) in [6.45, 7) is 1.30. The molecule has 1 fully saturated rings. The lowest BCUT2D eigenvalue weighted by atomic mass is 9.68. The van der Waals surface area contributed by atoms with E-state index in [1.54, 1.807) is 0 Å². The molecule has 1 N–H and O–H groups in total. The first-order valence-corrected chi connectivity index (χ1v) is 12.4. The molecule has 1 amide bonds. The van der Waals surface area contributed by atoms with Gasteiger partial charge >= 0.3 is 6.09 Å². The van der Waals surface area contributed by atoms with Gasteiger partial charge in [-0.05, 0) is 35.6 Å². The summed E-state index contributed by atoms with van der Waals surface area (Å²) in [5.74, 6) is 2.93. The van der Waals surface area contributed by atoms with Gasteiger partial charge in [-0.15, -0.1) is 0 Å².